The van der Waals surface area contributed by atoms with Crippen molar-refractivity contribution in [3.8, 4) is 0 Å². The van der Waals surface area contributed by atoms with Gasteiger partial charge in [-0.25, -0.2) is 4.79 Å². The molecule has 158 valence electrons. The van der Waals surface area contributed by atoms with E-state index in [0.29, 0.717) is 19.7 Å². The van der Waals surface area contributed by atoms with E-state index in [9.17, 15) is 4.79 Å². The number of hydrogen-bond donors (Lipinski definition) is 2. The third-order valence-electron chi connectivity index (χ3n) is 4.06. The van der Waals surface area contributed by atoms with Gasteiger partial charge in [0.1, 0.15) is 11.7 Å². The van der Waals surface area contributed by atoms with E-state index in [1.807, 2.05) is 40.2 Å². The van der Waals surface area contributed by atoms with Crippen molar-refractivity contribution in [3.05, 3.63) is 18.0 Å². The second-order valence-corrected chi connectivity index (χ2v) is 7.77. The largest absolute Gasteiger partial charge is 0.444 e. The van der Waals surface area contributed by atoms with Crippen molar-refractivity contribution in [1.82, 2.24) is 25.3 Å². The molecule has 1 amide bonds. The third kappa shape index (κ3) is 7.38. The summed E-state index contributed by atoms with van der Waals surface area (Å²) in [4.78, 5) is 18.6. The van der Waals surface area contributed by atoms with Crippen LogP contribution in [0.4, 0.5) is 4.79 Å². The van der Waals surface area contributed by atoms with Crippen LogP contribution in [0, 0.1) is 0 Å². The number of hydrogen-bond acceptors (Lipinski definition) is 5. The molecule has 9 nitrogen and oxygen atoms in total. The maximum absolute atomic E-state index is 11.7. The van der Waals surface area contributed by atoms with Gasteiger partial charge in [0, 0.05) is 45.0 Å². The zero-order valence-corrected chi connectivity index (χ0v) is 17.7. The van der Waals surface area contributed by atoms with Crippen LogP contribution in [0.2, 0.25) is 0 Å². The lowest BCUT2D eigenvalue weighted by Crippen LogP contribution is -2.48. The lowest BCUT2D eigenvalue weighted by atomic mass is 10.1. The summed E-state index contributed by atoms with van der Waals surface area (Å²) in [6, 6.07) is 0. The zero-order chi connectivity index (χ0) is 20.6. The Bertz CT molecular complexity index is 652. The quantitative estimate of drug-likeness (QED) is 0.433. The van der Waals surface area contributed by atoms with Crippen LogP contribution in [0.25, 0.3) is 0 Å². The van der Waals surface area contributed by atoms with Crippen LogP contribution < -0.4 is 10.6 Å². The van der Waals surface area contributed by atoms with Gasteiger partial charge in [-0.3, -0.25) is 9.67 Å². The standard InChI is InChI=1S/C19H34N6O3/c1-6-20-17(21-8-7-9-22-18(26)28-19(2,3)4)25-10-11-27-16(14-25)15-12-23-24(5)13-15/h12-13,16H,6-11,14H2,1-5H3,(H,20,21)(H,22,26). The Balaban J connectivity index is 1.83. The van der Waals surface area contributed by atoms with Crippen molar-refractivity contribution in [2.45, 2.75) is 45.8 Å². The van der Waals surface area contributed by atoms with E-state index in [1.54, 1.807) is 4.68 Å². The highest BCUT2D eigenvalue weighted by Gasteiger charge is 2.25. The van der Waals surface area contributed by atoms with Crippen molar-refractivity contribution in [1.29, 1.82) is 0 Å². The van der Waals surface area contributed by atoms with Crippen LogP contribution in [0.15, 0.2) is 17.4 Å². The van der Waals surface area contributed by atoms with E-state index >= 15 is 0 Å². The second-order valence-electron chi connectivity index (χ2n) is 7.77. The summed E-state index contributed by atoms with van der Waals surface area (Å²) in [5.74, 6) is 0.872. The van der Waals surface area contributed by atoms with Gasteiger partial charge >= 0.3 is 6.09 Å². The summed E-state index contributed by atoms with van der Waals surface area (Å²) in [5, 5.41) is 10.3. The van der Waals surface area contributed by atoms with Gasteiger partial charge in [0.05, 0.1) is 19.3 Å². The highest BCUT2D eigenvalue weighted by molar-refractivity contribution is 5.80. The molecule has 2 N–H and O–H groups in total. The number of nitrogens with zero attached hydrogens (tertiary/aromatic N) is 4. The first-order chi connectivity index (χ1) is 13.3. The van der Waals surface area contributed by atoms with Gasteiger partial charge in [0.15, 0.2) is 5.96 Å². The molecule has 2 heterocycles. The number of nitrogens with one attached hydrogen (secondary N) is 2. The predicted molar refractivity (Wildman–Crippen MR) is 108 cm³/mol. The molecule has 1 aromatic rings. The molecular weight excluding hydrogens is 360 g/mol. The number of guanidine groups is 1. The van der Waals surface area contributed by atoms with Gasteiger partial charge in [-0.15, -0.1) is 0 Å². The molecule has 0 aliphatic carbocycles. The molecule has 1 unspecified atom stereocenters. The summed E-state index contributed by atoms with van der Waals surface area (Å²) < 4.78 is 12.9. The van der Waals surface area contributed by atoms with Crippen LogP contribution in [-0.4, -0.2) is 71.7 Å². The first-order valence-electron chi connectivity index (χ1n) is 9.88. The number of rotatable bonds is 6. The fourth-order valence-corrected chi connectivity index (χ4v) is 2.84. The van der Waals surface area contributed by atoms with Crippen molar-refractivity contribution >= 4 is 12.1 Å². The molecule has 1 aliphatic heterocycles. The Hall–Kier alpha value is -2.29. The number of amides is 1. The molecule has 1 saturated heterocycles. The average molecular weight is 395 g/mol. The van der Waals surface area contributed by atoms with Crippen LogP contribution >= 0.6 is 0 Å². The highest BCUT2D eigenvalue weighted by atomic mass is 16.6. The number of morpholine rings is 1. The molecule has 0 aromatic carbocycles. The Kier molecular flexibility index (Phi) is 8.10. The van der Waals surface area contributed by atoms with Crippen molar-refractivity contribution in [2.75, 3.05) is 39.3 Å². The minimum Gasteiger partial charge on any atom is -0.444 e. The lowest BCUT2D eigenvalue weighted by molar-refractivity contribution is -0.00804. The average Bonchev–Trinajstić information content (AvgIpc) is 3.05. The third-order valence-corrected chi connectivity index (χ3v) is 4.06. The zero-order valence-electron chi connectivity index (χ0n) is 17.7. The molecule has 1 aromatic heterocycles. The van der Waals surface area contributed by atoms with Crippen LogP contribution in [0.1, 0.15) is 45.8 Å². The number of aliphatic imine (C=N–C) groups is 1. The van der Waals surface area contributed by atoms with E-state index in [4.69, 9.17) is 14.5 Å². The topological polar surface area (TPSA) is 93.0 Å². The van der Waals surface area contributed by atoms with Crippen LogP contribution in [-0.2, 0) is 16.5 Å². The predicted octanol–water partition coefficient (Wildman–Crippen LogP) is 1.67. The minimum atomic E-state index is -0.485. The smallest absolute Gasteiger partial charge is 0.407 e. The normalized spacial score (nSPS) is 18.1. The van der Waals surface area contributed by atoms with Crippen molar-refractivity contribution in [3.63, 3.8) is 0 Å². The van der Waals surface area contributed by atoms with E-state index in [1.165, 1.54) is 0 Å². The van der Waals surface area contributed by atoms with Gasteiger partial charge < -0.3 is 25.0 Å². The number of aryl methyl sites for hydroxylation is 1. The first kappa shape index (κ1) is 22.0. The summed E-state index contributed by atoms with van der Waals surface area (Å²) in [6.07, 6.45) is 4.17. The molecule has 28 heavy (non-hydrogen) atoms. The minimum absolute atomic E-state index is 0.0138. The van der Waals surface area contributed by atoms with Gasteiger partial charge in [-0.2, -0.15) is 5.10 Å². The maximum atomic E-state index is 11.7. The molecule has 0 radical (unpaired) electrons. The van der Waals surface area contributed by atoms with Crippen molar-refractivity contribution in [2.24, 2.45) is 12.0 Å². The molecule has 1 atom stereocenters. The SMILES string of the molecule is CCNC(=NCCCNC(=O)OC(C)(C)C)N1CCOC(c2cnn(C)c2)C1. The molecule has 9 heteroatoms. The maximum Gasteiger partial charge on any atom is 0.407 e. The first-order valence-corrected chi connectivity index (χ1v) is 9.88. The van der Waals surface area contributed by atoms with Crippen molar-refractivity contribution < 1.29 is 14.3 Å². The molecule has 1 aliphatic rings. The lowest BCUT2D eigenvalue weighted by Gasteiger charge is -2.34. The number of alkyl carbamates (subject to hydrolysis) is 1. The summed E-state index contributed by atoms with van der Waals surface area (Å²) >= 11 is 0. The highest BCUT2D eigenvalue weighted by Crippen LogP contribution is 2.21. The molecule has 1 fully saturated rings. The number of ether oxygens (including phenoxy) is 2. The summed E-state index contributed by atoms with van der Waals surface area (Å²) in [7, 11) is 1.90. The Morgan fingerprint density at radius 2 is 2.21 bits per heavy atom. The molecule has 2 rings (SSSR count). The van der Waals surface area contributed by atoms with Crippen LogP contribution in [0.5, 0.6) is 0 Å². The molecule has 0 bridgehead atoms. The van der Waals surface area contributed by atoms with Gasteiger partial charge in [-0.1, -0.05) is 0 Å². The van der Waals surface area contributed by atoms with Gasteiger partial charge in [0.25, 0.3) is 0 Å². The van der Waals surface area contributed by atoms with E-state index in [2.05, 4.69) is 27.6 Å². The Labute approximate surface area is 167 Å². The van der Waals surface area contributed by atoms with E-state index in [-0.39, 0.29) is 6.10 Å². The number of carbonyl (C=O) groups is 1. The fourth-order valence-electron chi connectivity index (χ4n) is 2.84. The second kappa shape index (κ2) is 10.3. The fraction of sp³-hybridized carbons (Fsp3) is 0.737. The summed E-state index contributed by atoms with van der Waals surface area (Å²) in [5.41, 5.74) is 0.589. The number of aromatic nitrogens is 2. The monoisotopic (exact) mass is 394 g/mol. The van der Waals surface area contributed by atoms with Gasteiger partial charge in [0.2, 0.25) is 0 Å². The Morgan fingerprint density at radius 1 is 1.43 bits per heavy atom. The molecular formula is C19H34N6O3. The van der Waals surface area contributed by atoms with E-state index < -0.39 is 11.7 Å². The van der Waals surface area contributed by atoms with E-state index in [0.717, 1.165) is 37.6 Å². The summed E-state index contributed by atoms with van der Waals surface area (Å²) in [6.45, 7) is 11.7. The molecule has 0 saturated carbocycles. The van der Waals surface area contributed by atoms with Crippen LogP contribution in [0.3, 0.4) is 0 Å². The number of carbonyl (C=O) groups excluding carboxylic acids is 1. The molecule has 0 spiro atoms. The Morgan fingerprint density at radius 3 is 2.86 bits per heavy atom. The van der Waals surface area contributed by atoms with Gasteiger partial charge in [-0.05, 0) is 34.1 Å².